The number of carbonyl (C=O) groups is 1. The maximum atomic E-state index is 12.6. The van der Waals surface area contributed by atoms with Crippen molar-refractivity contribution in [1.29, 1.82) is 0 Å². The van der Waals surface area contributed by atoms with Gasteiger partial charge >= 0.3 is 0 Å². The molecule has 118 valence electrons. The number of hydrogen-bond donors (Lipinski definition) is 2. The van der Waals surface area contributed by atoms with Crippen molar-refractivity contribution in [2.24, 2.45) is 5.73 Å². The predicted molar refractivity (Wildman–Crippen MR) is 89.3 cm³/mol. The van der Waals surface area contributed by atoms with Gasteiger partial charge in [0.05, 0.1) is 23.3 Å². The summed E-state index contributed by atoms with van der Waals surface area (Å²) in [6.45, 7) is 1.91. The van der Waals surface area contributed by atoms with E-state index in [2.05, 4.69) is 16.4 Å². The maximum Gasteiger partial charge on any atom is 0.253 e. The van der Waals surface area contributed by atoms with Crippen molar-refractivity contribution < 1.29 is 4.79 Å². The van der Waals surface area contributed by atoms with Gasteiger partial charge in [0.15, 0.2) is 0 Å². The van der Waals surface area contributed by atoms with E-state index in [1.165, 1.54) is 18.4 Å². The maximum absolute atomic E-state index is 12.6. The number of aryl methyl sites for hydroxylation is 1. The molecule has 4 heteroatoms. The molecule has 3 N–H and O–H groups in total. The standard InChI is InChI=1S/C19H21N3O/c1-11-14(8-9-16(21-11)12-6-7-12)19(23)22-17-10-13-4-2-3-5-15(13)18(17)20/h2-5,8-9,12,17-18H,6-7,10,20H2,1H3,(H,22,23)/t17-,18-/m1/s1. The molecule has 1 amide bonds. The zero-order valence-corrected chi connectivity index (χ0v) is 13.3. The first-order valence-corrected chi connectivity index (χ1v) is 8.25. The number of amides is 1. The molecule has 2 aromatic rings. The van der Waals surface area contributed by atoms with Gasteiger partial charge in [0.2, 0.25) is 0 Å². The van der Waals surface area contributed by atoms with Gasteiger partial charge in [-0.2, -0.15) is 0 Å². The van der Waals surface area contributed by atoms with Crippen LogP contribution in [0.5, 0.6) is 0 Å². The van der Waals surface area contributed by atoms with E-state index in [1.807, 2.05) is 37.3 Å². The van der Waals surface area contributed by atoms with Crippen LogP contribution in [0.2, 0.25) is 0 Å². The Morgan fingerprint density at radius 3 is 2.70 bits per heavy atom. The lowest BCUT2D eigenvalue weighted by molar-refractivity contribution is 0.0932. The topological polar surface area (TPSA) is 68.0 Å². The van der Waals surface area contributed by atoms with Crippen LogP contribution in [-0.4, -0.2) is 16.9 Å². The SMILES string of the molecule is Cc1nc(C2CC2)ccc1C(=O)N[C@@H]1Cc2ccccc2[C@H]1N. The van der Waals surface area contributed by atoms with Crippen LogP contribution in [0.4, 0.5) is 0 Å². The smallest absolute Gasteiger partial charge is 0.253 e. The zero-order chi connectivity index (χ0) is 16.0. The molecule has 1 aromatic heterocycles. The second kappa shape index (κ2) is 5.46. The Morgan fingerprint density at radius 1 is 1.22 bits per heavy atom. The number of pyridine rings is 1. The van der Waals surface area contributed by atoms with Crippen LogP contribution in [0.25, 0.3) is 0 Å². The van der Waals surface area contributed by atoms with Crippen LogP contribution in [0.3, 0.4) is 0 Å². The molecule has 0 bridgehead atoms. The van der Waals surface area contributed by atoms with Crippen LogP contribution in [0, 0.1) is 6.92 Å². The lowest BCUT2D eigenvalue weighted by Gasteiger charge is -2.18. The van der Waals surface area contributed by atoms with Crippen molar-refractivity contribution in [3.05, 3.63) is 64.5 Å². The molecule has 1 saturated carbocycles. The molecule has 0 radical (unpaired) electrons. The summed E-state index contributed by atoms with van der Waals surface area (Å²) in [6.07, 6.45) is 3.22. The highest BCUT2D eigenvalue weighted by atomic mass is 16.1. The molecule has 4 nitrogen and oxygen atoms in total. The Morgan fingerprint density at radius 2 is 2.00 bits per heavy atom. The van der Waals surface area contributed by atoms with Gasteiger partial charge in [0, 0.05) is 11.6 Å². The van der Waals surface area contributed by atoms with E-state index in [-0.39, 0.29) is 18.0 Å². The molecule has 4 rings (SSSR count). The summed E-state index contributed by atoms with van der Waals surface area (Å²) in [5.41, 5.74) is 11.2. The molecule has 23 heavy (non-hydrogen) atoms. The molecule has 1 heterocycles. The van der Waals surface area contributed by atoms with Gasteiger partial charge in [-0.25, -0.2) is 0 Å². The van der Waals surface area contributed by atoms with Crippen molar-refractivity contribution in [2.75, 3.05) is 0 Å². The van der Waals surface area contributed by atoms with Crippen LogP contribution < -0.4 is 11.1 Å². The highest BCUT2D eigenvalue weighted by Crippen LogP contribution is 2.39. The van der Waals surface area contributed by atoms with E-state index in [4.69, 9.17) is 5.73 Å². The molecule has 0 spiro atoms. The summed E-state index contributed by atoms with van der Waals surface area (Å²) < 4.78 is 0. The van der Waals surface area contributed by atoms with Gasteiger partial charge < -0.3 is 11.1 Å². The van der Waals surface area contributed by atoms with Gasteiger partial charge in [0.1, 0.15) is 0 Å². The van der Waals surface area contributed by atoms with Crippen molar-refractivity contribution in [3.63, 3.8) is 0 Å². The fraction of sp³-hybridized carbons (Fsp3) is 0.368. The molecule has 0 saturated heterocycles. The molecule has 2 atom stereocenters. The Bertz CT molecular complexity index is 767. The fourth-order valence-electron chi connectivity index (χ4n) is 3.44. The van der Waals surface area contributed by atoms with E-state index in [0.717, 1.165) is 23.4 Å². The van der Waals surface area contributed by atoms with Crippen LogP contribution in [0.15, 0.2) is 36.4 Å². The number of nitrogens with one attached hydrogen (secondary N) is 1. The first-order chi connectivity index (χ1) is 11.1. The number of nitrogens with two attached hydrogens (primary N) is 1. The Balaban J connectivity index is 1.50. The molecule has 0 aliphatic heterocycles. The highest BCUT2D eigenvalue weighted by molar-refractivity contribution is 5.95. The first-order valence-electron chi connectivity index (χ1n) is 8.25. The van der Waals surface area contributed by atoms with Crippen molar-refractivity contribution >= 4 is 5.91 Å². The summed E-state index contributed by atoms with van der Waals surface area (Å²) in [4.78, 5) is 17.2. The average molecular weight is 307 g/mol. The van der Waals surface area contributed by atoms with E-state index < -0.39 is 0 Å². The van der Waals surface area contributed by atoms with E-state index in [0.29, 0.717) is 11.5 Å². The summed E-state index contributed by atoms with van der Waals surface area (Å²) >= 11 is 0. The largest absolute Gasteiger partial charge is 0.347 e. The third-order valence-electron chi connectivity index (χ3n) is 4.95. The Labute approximate surface area is 136 Å². The molecule has 0 unspecified atom stereocenters. The Kier molecular flexibility index (Phi) is 3.42. The normalized spacial score (nSPS) is 22.7. The van der Waals surface area contributed by atoms with Crippen LogP contribution in [0.1, 0.15) is 57.7 Å². The zero-order valence-electron chi connectivity index (χ0n) is 13.3. The summed E-state index contributed by atoms with van der Waals surface area (Å²) in [6, 6.07) is 11.8. The predicted octanol–water partition coefficient (Wildman–Crippen LogP) is 2.62. The highest BCUT2D eigenvalue weighted by Gasteiger charge is 2.31. The second-order valence-electron chi connectivity index (χ2n) is 6.65. The molecule has 1 fully saturated rings. The number of nitrogens with zero attached hydrogens (tertiary/aromatic N) is 1. The van der Waals surface area contributed by atoms with Gasteiger partial charge in [-0.1, -0.05) is 24.3 Å². The third-order valence-corrected chi connectivity index (χ3v) is 4.95. The summed E-state index contributed by atoms with van der Waals surface area (Å²) in [5.74, 6) is 0.522. The number of fused-ring (bicyclic) bond motifs is 1. The summed E-state index contributed by atoms with van der Waals surface area (Å²) in [7, 11) is 0. The minimum absolute atomic E-state index is 0.0533. The van der Waals surface area contributed by atoms with E-state index in [1.54, 1.807) is 0 Å². The fourth-order valence-corrected chi connectivity index (χ4v) is 3.44. The van der Waals surface area contributed by atoms with Gasteiger partial charge in [0.25, 0.3) is 5.91 Å². The number of rotatable bonds is 3. The van der Waals surface area contributed by atoms with Gasteiger partial charge in [-0.05, 0) is 49.4 Å². The molecular formula is C19H21N3O. The van der Waals surface area contributed by atoms with E-state index in [9.17, 15) is 4.79 Å². The first kappa shape index (κ1) is 14.4. The van der Waals surface area contributed by atoms with Gasteiger partial charge in [-0.3, -0.25) is 9.78 Å². The summed E-state index contributed by atoms with van der Waals surface area (Å²) in [5, 5.41) is 3.09. The quantitative estimate of drug-likeness (QED) is 0.916. The van der Waals surface area contributed by atoms with Crippen molar-refractivity contribution in [1.82, 2.24) is 10.3 Å². The molecular weight excluding hydrogens is 286 g/mol. The van der Waals surface area contributed by atoms with Crippen LogP contribution in [-0.2, 0) is 6.42 Å². The Hall–Kier alpha value is -2.20. The molecule has 1 aromatic carbocycles. The van der Waals surface area contributed by atoms with E-state index >= 15 is 0 Å². The van der Waals surface area contributed by atoms with Crippen LogP contribution >= 0.6 is 0 Å². The average Bonchev–Trinajstić information content (AvgIpc) is 3.34. The lowest BCUT2D eigenvalue weighted by atomic mass is 10.1. The number of hydrogen-bond acceptors (Lipinski definition) is 3. The molecule has 2 aliphatic carbocycles. The lowest BCUT2D eigenvalue weighted by Crippen LogP contribution is -2.41. The van der Waals surface area contributed by atoms with Crippen molar-refractivity contribution in [2.45, 2.75) is 44.2 Å². The minimum atomic E-state index is -0.144. The number of aromatic nitrogens is 1. The molecule has 2 aliphatic rings. The minimum Gasteiger partial charge on any atom is -0.347 e. The number of carbonyl (C=O) groups excluding carboxylic acids is 1. The second-order valence-corrected chi connectivity index (χ2v) is 6.65. The van der Waals surface area contributed by atoms with Gasteiger partial charge in [-0.15, -0.1) is 0 Å². The number of benzene rings is 1. The third kappa shape index (κ3) is 2.63. The van der Waals surface area contributed by atoms with Crippen molar-refractivity contribution in [3.8, 4) is 0 Å². The monoisotopic (exact) mass is 307 g/mol.